The van der Waals surface area contributed by atoms with E-state index in [0.717, 1.165) is 12.8 Å². The molecule has 0 aliphatic heterocycles. The summed E-state index contributed by atoms with van der Waals surface area (Å²) in [5.41, 5.74) is 0.528. The molecule has 6 nitrogen and oxygen atoms in total. The Morgan fingerprint density at radius 2 is 1.95 bits per heavy atom. The largest absolute Gasteiger partial charge is 0.478 e. The fraction of sp³-hybridized carbons (Fsp3) is 0.400. The van der Waals surface area contributed by atoms with Gasteiger partial charge in [0.25, 0.3) is 0 Å². The van der Waals surface area contributed by atoms with Gasteiger partial charge in [-0.15, -0.1) is 0 Å². The Balaban J connectivity index is 1.92. The van der Waals surface area contributed by atoms with E-state index in [1.54, 1.807) is 25.1 Å². The molecule has 1 aromatic carbocycles. The lowest BCUT2D eigenvalue weighted by molar-refractivity contribution is -0.128. The van der Waals surface area contributed by atoms with E-state index in [1.807, 2.05) is 0 Å². The van der Waals surface area contributed by atoms with Crippen molar-refractivity contribution in [1.82, 2.24) is 10.6 Å². The third kappa shape index (κ3) is 4.30. The number of hydrogen-bond acceptors (Lipinski definition) is 3. The van der Waals surface area contributed by atoms with Gasteiger partial charge in [0.2, 0.25) is 11.8 Å². The average molecular weight is 290 g/mol. The van der Waals surface area contributed by atoms with Crippen molar-refractivity contribution >= 4 is 17.8 Å². The number of hydrogen-bond donors (Lipinski definition) is 3. The molecule has 0 aromatic heterocycles. The van der Waals surface area contributed by atoms with Crippen molar-refractivity contribution in [1.29, 1.82) is 0 Å². The van der Waals surface area contributed by atoms with Crippen LogP contribution in [0.1, 0.15) is 35.7 Å². The molecule has 0 radical (unpaired) electrons. The van der Waals surface area contributed by atoms with Gasteiger partial charge in [-0.05, 0) is 31.4 Å². The predicted octanol–water partition coefficient (Wildman–Crippen LogP) is 0.711. The van der Waals surface area contributed by atoms with Gasteiger partial charge >= 0.3 is 5.97 Å². The summed E-state index contributed by atoms with van der Waals surface area (Å²) in [6, 6.07) is 5.95. The summed E-state index contributed by atoms with van der Waals surface area (Å²) < 4.78 is 0. The molecular formula is C15H18N2O4. The maximum atomic E-state index is 11.9. The first-order valence-corrected chi connectivity index (χ1v) is 6.88. The van der Waals surface area contributed by atoms with E-state index in [4.69, 9.17) is 5.11 Å². The normalized spacial score (nSPS) is 15.1. The highest BCUT2D eigenvalue weighted by atomic mass is 16.4. The number of carboxylic acids is 1. The molecule has 2 rings (SSSR count). The monoisotopic (exact) mass is 290 g/mol. The molecule has 3 N–H and O–H groups in total. The molecule has 2 amide bonds. The molecule has 1 fully saturated rings. The van der Waals surface area contributed by atoms with Crippen molar-refractivity contribution in [3.05, 3.63) is 35.4 Å². The van der Waals surface area contributed by atoms with Gasteiger partial charge in [-0.1, -0.05) is 18.2 Å². The number of carbonyl (C=O) groups is 3. The zero-order valence-electron chi connectivity index (χ0n) is 11.8. The summed E-state index contributed by atoms with van der Waals surface area (Å²) in [7, 11) is 0. The molecule has 6 heteroatoms. The van der Waals surface area contributed by atoms with Crippen LogP contribution in [0.3, 0.4) is 0 Å². The van der Waals surface area contributed by atoms with Gasteiger partial charge in [0.1, 0.15) is 6.04 Å². The van der Waals surface area contributed by atoms with Crippen LogP contribution in [0.25, 0.3) is 0 Å². The number of carbonyl (C=O) groups excluding carboxylic acids is 2. The zero-order chi connectivity index (χ0) is 15.4. The summed E-state index contributed by atoms with van der Waals surface area (Å²) >= 11 is 0. The van der Waals surface area contributed by atoms with E-state index >= 15 is 0 Å². The van der Waals surface area contributed by atoms with Gasteiger partial charge < -0.3 is 15.7 Å². The Labute approximate surface area is 122 Å². The summed E-state index contributed by atoms with van der Waals surface area (Å²) in [5, 5.41) is 14.4. The van der Waals surface area contributed by atoms with Crippen molar-refractivity contribution in [2.24, 2.45) is 0 Å². The fourth-order valence-corrected chi connectivity index (χ4v) is 1.97. The van der Waals surface area contributed by atoms with Crippen LogP contribution in [0.5, 0.6) is 0 Å². The van der Waals surface area contributed by atoms with Gasteiger partial charge in [0.15, 0.2) is 0 Å². The van der Waals surface area contributed by atoms with Crippen molar-refractivity contribution in [2.45, 2.75) is 38.3 Å². The van der Waals surface area contributed by atoms with E-state index < -0.39 is 12.0 Å². The Bertz CT molecular complexity index is 567. The highest BCUT2D eigenvalue weighted by Gasteiger charge is 2.26. The van der Waals surface area contributed by atoms with Crippen molar-refractivity contribution < 1.29 is 19.5 Å². The smallest absolute Gasteiger partial charge is 0.335 e. The Morgan fingerprint density at radius 1 is 1.29 bits per heavy atom. The average Bonchev–Trinajstić information content (AvgIpc) is 3.22. The Kier molecular flexibility index (Phi) is 4.57. The first-order valence-electron chi connectivity index (χ1n) is 6.88. The van der Waals surface area contributed by atoms with E-state index in [2.05, 4.69) is 10.6 Å². The number of amides is 2. The van der Waals surface area contributed by atoms with E-state index in [9.17, 15) is 14.4 Å². The topological polar surface area (TPSA) is 95.5 Å². The summed E-state index contributed by atoms with van der Waals surface area (Å²) in [6.45, 7) is 1.61. The molecule has 21 heavy (non-hydrogen) atoms. The van der Waals surface area contributed by atoms with Crippen LogP contribution in [0, 0.1) is 0 Å². The van der Waals surface area contributed by atoms with Crippen molar-refractivity contribution in [2.75, 3.05) is 0 Å². The van der Waals surface area contributed by atoms with Crippen LogP contribution in [-0.4, -0.2) is 35.0 Å². The molecule has 1 aliphatic rings. The van der Waals surface area contributed by atoms with Crippen molar-refractivity contribution in [3.63, 3.8) is 0 Å². The van der Waals surface area contributed by atoms with Gasteiger partial charge in [0, 0.05) is 6.04 Å². The molecule has 1 saturated carbocycles. The molecule has 112 valence electrons. The van der Waals surface area contributed by atoms with E-state index in [0.29, 0.717) is 5.56 Å². The molecular weight excluding hydrogens is 272 g/mol. The number of benzene rings is 1. The van der Waals surface area contributed by atoms with Crippen LogP contribution in [0.15, 0.2) is 24.3 Å². The van der Waals surface area contributed by atoms with Crippen molar-refractivity contribution in [3.8, 4) is 0 Å². The summed E-state index contributed by atoms with van der Waals surface area (Å²) in [4.78, 5) is 34.7. The maximum Gasteiger partial charge on any atom is 0.335 e. The van der Waals surface area contributed by atoms with Crippen LogP contribution >= 0.6 is 0 Å². The zero-order valence-corrected chi connectivity index (χ0v) is 11.8. The quantitative estimate of drug-likeness (QED) is 0.719. The minimum absolute atomic E-state index is 0.0660. The summed E-state index contributed by atoms with van der Waals surface area (Å²) in [5.74, 6) is -1.66. The molecule has 0 bridgehead atoms. The molecule has 0 spiro atoms. The second-order valence-corrected chi connectivity index (χ2v) is 5.21. The fourth-order valence-electron chi connectivity index (χ4n) is 1.97. The third-order valence-corrected chi connectivity index (χ3v) is 3.29. The third-order valence-electron chi connectivity index (χ3n) is 3.29. The lowest BCUT2D eigenvalue weighted by Gasteiger charge is -2.14. The highest BCUT2D eigenvalue weighted by Crippen LogP contribution is 2.18. The lowest BCUT2D eigenvalue weighted by Crippen LogP contribution is -2.46. The molecule has 1 atom stereocenters. The minimum Gasteiger partial charge on any atom is -0.478 e. The molecule has 1 aliphatic carbocycles. The van der Waals surface area contributed by atoms with Crippen LogP contribution in [0.4, 0.5) is 0 Å². The van der Waals surface area contributed by atoms with E-state index in [1.165, 1.54) is 6.07 Å². The van der Waals surface area contributed by atoms with Gasteiger partial charge in [0.05, 0.1) is 12.0 Å². The first kappa shape index (κ1) is 15.0. The molecule has 1 unspecified atom stereocenters. The minimum atomic E-state index is -1.07. The van der Waals surface area contributed by atoms with Gasteiger partial charge in [-0.3, -0.25) is 9.59 Å². The Morgan fingerprint density at radius 3 is 2.57 bits per heavy atom. The predicted molar refractivity (Wildman–Crippen MR) is 75.9 cm³/mol. The summed E-state index contributed by atoms with van der Waals surface area (Å²) in [6.07, 6.45) is 1.90. The van der Waals surface area contributed by atoms with Crippen LogP contribution in [-0.2, 0) is 16.0 Å². The Hall–Kier alpha value is -2.37. The molecule has 0 heterocycles. The number of carboxylic acid groups (broad SMARTS) is 1. The molecule has 0 saturated heterocycles. The second kappa shape index (κ2) is 6.39. The number of nitrogens with one attached hydrogen (secondary N) is 2. The highest BCUT2D eigenvalue weighted by molar-refractivity contribution is 5.93. The molecule has 1 aromatic rings. The maximum absolute atomic E-state index is 11.9. The lowest BCUT2D eigenvalue weighted by atomic mass is 10.0. The van der Waals surface area contributed by atoms with Gasteiger partial charge in [-0.25, -0.2) is 4.79 Å². The first-order chi connectivity index (χ1) is 9.97. The van der Waals surface area contributed by atoms with Crippen LogP contribution < -0.4 is 10.6 Å². The van der Waals surface area contributed by atoms with E-state index in [-0.39, 0.29) is 29.8 Å². The number of rotatable bonds is 6. The van der Waals surface area contributed by atoms with Crippen LogP contribution in [0.2, 0.25) is 0 Å². The van der Waals surface area contributed by atoms with Gasteiger partial charge in [-0.2, -0.15) is 0 Å². The standard InChI is InChI=1S/C15H18N2O4/c1-9(14(19)17-11-6-7-11)16-13(18)8-10-4-2-3-5-12(10)15(20)21/h2-5,9,11H,6-8H2,1H3,(H,16,18)(H,17,19)(H,20,21). The SMILES string of the molecule is CC(NC(=O)Cc1ccccc1C(=O)O)C(=O)NC1CC1. The number of aromatic carboxylic acids is 1. The second-order valence-electron chi connectivity index (χ2n) is 5.21.